The zero-order valence-corrected chi connectivity index (χ0v) is 10.9. The van der Waals surface area contributed by atoms with Gasteiger partial charge in [0.2, 0.25) is 0 Å². The minimum absolute atomic E-state index is 0.267. The molecule has 0 bridgehead atoms. The summed E-state index contributed by atoms with van der Waals surface area (Å²) in [6, 6.07) is 7.04. The molecule has 0 aliphatic rings. The Morgan fingerprint density at radius 1 is 1.30 bits per heavy atom. The van der Waals surface area contributed by atoms with Crippen molar-refractivity contribution in [2.24, 2.45) is 0 Å². The van der Waals surface area contributed by atoms with E-state index >= 15 is 0 Å². The van der Waals surface area contributed by atoms with Crippen molar-refractivity contribution in [3.8, 4) is 0 Å². The van der Waals surface area contributed by atoms with Crippen LogP contribution >= 0.6 is 0 Å². The summed E-state index contributed by atoms with van der Waals surface area (Å²) in [7, 11) is 0. The number of nitrogens with zero attached hydrogens (tertiary/aromatic N) is 3. The Kier molecular flexibility index (Phi) is 4.77. The van der Waals surface area contributed by atoms with Crippen LogP contribution in [0.2, 0.25) is 0 Å². The Morgan fingerprint density at radius 3 is 2.85 bits per heavy atom. The van der Waals surface area contributed by atoms with Gasteiger partial charge in [0, 0.05) is 25.5 Å². The first-order valence-electron chi connectivity index (χ1n) is 6.15. The van der Waals surface area contributed by atoms with Gasteiger partial charge in [-0.3, -0.25) is 9.78 Å². The fourth-order valence-electron chi connectivity index (χ4n) is 1.50. The zero-order chi connectivity index (χ0) is 14.2. The maximum atomic E-state index is 11.9. The first-order valence-corrected chi connectivity index (χ1v) is 6.15. The molecule has 2 heterocycles. The molecule has 0 radical (unpaired) electrons. The molecular weight excluding hydrogens is 254 g/mol. The maximum Gasteiger partial charge on any atom is 0.272 e. The van der Waals surface area contributed by atoms with Crippen LogP contribution in [0.1, 0.15) is 16.1 Å². The van der Waals surface area contributed by atoms with Crippen molar-refractivity contribution in [1.29, 1.82) is 0 Å². The third kappa shape index (κ3) is 3.88. The van der Waals surface area contributed by atoms with Gasteiger partial charge in [-0.05, 0) is 23.8 Å². The molecule has 6 nitrogen and oxygen atoms in total. The Balaban J connectivity index is 1.90. The number of nitrogens with one attached hydrogen (secondary N) is 2. The van der Waals surface area contributed by atoms with E-state index in [1.165, 1.54) is 0 Å². The summed E-state index contributed by atoms with van der Waals surface area (Å²) in [6.07, 6.45) is 5.11. The summed E-state index contributed by atoms with van der Waals surface area (Å²) < 4.78 is 0. The molecule has 2 aromatic rings. The SMILES string of the molecule is C=CCNc1ccc(C(=O)NCc2cccnc2)nn1. The van der Waals surface area contributed by atoms with E-state index in [9.17, 15) is 4.79 Å². The normalized spacial score (nSPS) is 9.80. The predicted molar refractivity (Wildman–Crippen MR) is 76.1 cm³/mol. The average molecular weight is 269 g/mol. The largest absolute Gasteiger partial charge is 0.365 e. The highest BCUT2D eigenvalue weighted by Crippen LogP contribution is 2.02. The van der Waals surface area contributed by atoms with Crippen LogP contribution in [0.25, 0.3) is 0 Å². The molecule has 2 N–H and O–H groups in total. The van der Waals surface area contributed by atoms with Gasteiger partial charge in [0.15, 0.2) is 5.69 Å². The molecule has 0 spiro atoms. The summed E-state index contributed by atoms with van der Waals surface area (Å²) >= 11 is 0. The van der Waals surface area contributed by atoms with Crippen molar-refractivity contribution in [1.82, 2.24) is 20.5 Å². The molecule has 102 valence electrons. The monoisotopic (exact) mass is 269 g/mol. The van der Waals surface area contributed by atoms with E-state index in [0.717, 1.165) is 5.56 Å². The molecule has 0 aromatic carbocycles. The smallest absolute Gasteiger partial charge is 0.272 e. The topological polar surface area (TPSA) is 79.8 Å². The highest BCUT2D eigenvalue weighted by Gasteiger charge is 2.07. The van der Waals surface area contributed by atoms with Crippen LogP contribution in [0.5, 0.6) is 0 Å². The van der Waals surface area contributed by atoms with Crippen LogP contribution in [0, 0.1) is 0 Å². The lowest BCUT2D eigenvalue weighted by atomic mass is 10.3. The summed E-state index contributed by atoms with van der Waals surface area (Å²) in [5, 5.41) is 13.5. The van der Waals surface area contributed by atoms with Gasteiger partial charge in [-0.1, -0.05) is 12.1 Å². The molecule has 6 heteroatoms. The van der Waals surface area contributed by atoms with Crippen molar-refractivity contribution in [3.05, 3.63) is 60.6 Å². The van der Waals surface area contributed by atoms with Gasteiger partial charge in [-0.25, -0.2) is 0 Å². The number of hydrogen-bond acceptors (Lipinski definition) is 5. The first kappa shape index (κ1) is 13.7. The van der Waals surface area contributed by atoms with E-state index in [-0.39, 0.29) is 11.6 Å². The second-order valence-corrected chi connectivity index (χ2v) is 4.02. The lowest BCUT2D eigenvalue weighted by Gasteiger charge is -2.05. The second-order valence-electron chi connectivity index (χ2n) is 4.02. The molecule has 0 aliphatic carbocycles. The van der Waals surface area contributed by atoms with E-state index in [4.69, 9.17) is 0 Å². The molecule has 1 amide bonds. The predicted octanol–water partition coefficient (Wildman–Crippen LogP) is 1.40. The van der Waals surface area contributed by atoms with Crippen LogP contribution in [-0.2, 0) is 6.54 Å². The summed E-state index contributed by atoms with van der Waals surface area (Å²) in [5.41, 5.74) is 1.20. The van der Waals surface area contributed by atoms with E-state index in [1.807, 2.05) is 12.1 Å². The van der Waals surface area contributed by atoms with Gasteiger partial charge in [0.05, 0.1) is 0 Å². The standard InChI is InChI=1S/C14H15N5O/c1-2-7-16-13-6-5-12(18-19-13)14(20)17-10-11-4-3-8-15-9-11/h2-6,8-9H,1,7,10H2,(H,16,19)(H,17,20). The number of aromatic nitrogens is 3. The van der Waals surface area contributed by atoms with Gasteiger partial charge in [-0.2, -0.15) is 0 Å². The van der Waals surface area contributed by atoms with Crippen molar-refractivity contribution in [2.75, 3.05) is 11.9 Å². The zero-order valence-electron chi connectivity index (χ0n) is 10.9. The van der Waals surface area contributed by atoms with E-state index < -0.39 is 0 Å². The number of hydrogen-bond donors (Lipinski definition) is 2. The lowest BCUT2D eigenvalue weighted by Crippen LogP contribution is -2.24. The molecule has 20 heavy (non-hydrogen) atoms. The number of rotatable bonds is 6. The summed E-state index contributed by atoms with van der Waals surface area (Å²) in [6.45, 7) is 4.60. The number of pyridine rings is 1. The van der Waals surface area contributed by atoms with Crippen LogP contribution in [0.15, 0.2) is 49.3 Å². The second kappa shape index (κ2) is 6.98. The number of carbonyl (C=O) groups excluding carboxylic acids is 1. The quantitative estimate of drug-likeness (QED) is 0.775. The Labute approximate surface area is 117 Å². The molecule has 0 aliphatic heterocycles. The highest BCUT2D eigenvalue weighted by molar-refractivity contribution is 5.92. The summed E-state index contributed by atoms with van der Waals surface area (Å²) in [5.74, 6) is 0.338. The van der Waals surface area contributed by atoms with Crippen molar-refractivity contribution >= 4 is 11.7 Å². The van der Waals surface area contributed by atoms with Gasteiger partial charge in [0.1, 0.15) is 5.82 Å². The molecule has 0 saturated heterocycles. The van der Waals surface area contributed by atoms with Gasteiger partial charge < -0.3 is 10.6 Å². The number of carbonyl (C=O) groups is 1. The van der Waals surface area contributed by atoms with Gasteiger partial charge >= 0.3 is 0 Å². The first-order chi connectivity index (χ1) is 9.79. The Morgan fingerprint density at radius 2 is 2.20 bits per heavy atom. The van der Waals surface area contributed by atoms with Gasteiger partial charge in [-0.15, -0.1) is 16.8 Å². The van der Waals surface area contributed by atoms with Crippen molar-refractivity contribution in [3.63, 3.8) is 0 Å². The van der Waals surface area contributed by atoms with E-state index in [0.29, 0.717) is 18.9 Å². The van der Waals surface area contributed by atoms with E-state index in [2.05, 4.69) is 32.4 Å². The highest BCUT2D eigenvalue weighted by atomic mass is 16.1. The molecule has 2 aromatic heterocycles. The van der Waals surface area contributed by atoms with Crippen LogP contribution in [0.4, 0.5) is 5.82 Å². The molecule has 2 rings (SSSR count). The average Bonchev–Trinajstić information content (AvgIpc) is 2.52. The minimum Gasteiger partial charge on any atom is -0.365 e. The molecule has 0 saturated carbocycles. The number of amides is 1. The molecule has 0 atom stereocenters. The lowest BCUT2D eigenvalue weighted by molar-refractivity contribution is 0.0945. The van der Waals surface area contributed by atoms with E-state index in [1.54, 1.807) is 30.6 Å². The van der Waals surface area contributed by atoms with Crippen molar-refractivity contribution < 1.29 is 4.79 Å². The molecule has 0 fully saturated rings. The Hall–Kier alpha value is -2.76. The van der Waals surface area contributed by atoms with Crippen LogP contribution < -0.4 is 10.6 Å². The third-order valence-corrected chi connectivity index (χ3v) is 2.50. The molecular formula is C14H15N5O. The van der Waals surface area contributed by atoms with Crippen molar-refractivity contribution in [2.45, 2.75) is 6.54 Å². The third-order valence-electron chi connectivity index (χ3n) is 2.50. The van der Waals surface area contributed by atoms with Crippen LogP contribution in [0.3, 0.4) is 0 Å². The molecule has 0 unspecified atom stereocenters. The fourth-order valence-corrected chi connectivity index (χ4v) is 1.50. The van der Waals surface area contributed by atoms with Crippen LogP contribution in [-0.4, -0.2) is 27.6 Å². The summed E-state index contributed by atoms with van der Waals surface area (Å²) in [4.78, 5) is 15.9. The maximum absolute atomic E-state index is 11.9. The fraction of sp³-hybridized carbons (Fsp3) is 0.143. The Bertz CT molecular complexity index is 568. The minimum atomic E-state index is -0.267. The van der Waals surface area contributed by atoms with Gasteiger partial charge in [0.25, 0.3) is 5.91 Å². The number of anilines is 1.